The number of piperazine rings is 1. The Morgan fingerprint density at radius 2 is 1.83 bits per heavy atom. The lowest BCUT2D eigenvalue weighted by Gasteiger charge is -2.34. The Kier molecular flexibility index (Phi) is 4.95. The molecular weight excluding hydrogens is 253 g/mol. The number of rotatable bonds is 4. The van der Waals surface area contributed by atoms with Crippen molar-refractivity contribution in [1.82, 2.24) is 9.80 Å². The van der Waals surface area contributed by atoms with Crippen molar-refractivity contribution in [1.29, 1.82) is 0 Å². The van der Waals surface area contributed by atoms with E-state index < -0.39 is 0 Å². The summed E-state index contributed by atoms with van der Waals surface area (Å²) in [6, 6.07) is 4.94. The Hall–Kier alpha value is -0.680. The van der Waals surface area contributed by atoms with Gasteiger partial charge in [-0.2, -0.15) is 0 Å². The molecule has 1 heterocycles. The van der Waals surface area contributed by atoms with Crippen LogP contribution in [0.15, 0.2) is 18.2 Å². The van der Waals surface area contributed by atoms with E-state index in [1.807, 2.05) is 0 Å². The van der Waals surface area contributed by atoms with E-state index in [9.17, 15) is 4.39 Å². The van der Waals surface area contributed by atoms with Crippen molar-refractivity contribution in [3.05, 3.63) is 34.6 Å². The van der Waals surface area contributed by atoms with Gasteiger partial charge in [-0.05, 0) is 17.7 Å². The minimum absolute atomic E-state index is 0.203. The van der Waals surface area contributed by atoms with E-state index in [0.717, 1.165) is 44.8 Å². The maximum atomic E-state index is 13.0. The molecule has 1 aliphatic heterocycles. The first-order valence-corrected chi connectivity index (χ1v) is 6.65. The van der Waals surface area contributed by atoms with Crippen molar-refractivity contribution < 1.29 is 4.39 Å². The lowest BCUT2D eigenvalue weighted by Crippen LogP contribution is -2.47. The van der Waals surface area contributed by atoms with Gasteiger partial charge in [-0.25, -0.2) is 4.39 Å². The highest BCUT2D eigenvalue weighted by Gasteiger charge is 2.16. The fraction of sp³-hybridized carbons (Fsp3) is 0.538. The average molecular weight is 272 g/mol. The normalized spacial score (nSPS) is 18.2. The predicted octanol–water partition coefficient (Wildman–Crippen LogP) is 1.56. The van der Waals surface area contributed by atoms with E-state index in [1.165, 1.54) is 6.07 Å². The number of benzene rings is 1. The Morgan fingerprint density at radius 3 is 2.44 bits per heavy atom. The summed E-state index contributed by atoms with van der Waals surface area (Å²) in [6.07, 6.45) is 0. The molecule has 2 N–H and O–H groups in total. The summed E-state index contributed by atoms with van der Waals surface area (Å²) >= 11 is 5.78. The van der Waals surface area contributed by atoms with Crippen LogP contribution in [0.1, 0.15) is 5.56 Å². The molecule has 2 rings (SSSR count). The summed E-state index contributed by atoms with van der Waals surface area (Å²) in [6.45, 7) is 6.66. The van der Waals surface area contributed by atoms with Crippen molar-refractivity contribution in [2.24, 2.45) is 5.73 Å². The highest BCUT2D eigenvalue weighted by Crippen LogP contribution is 2.17. The molecule has 1 saturated heterocycles. The van der Waals surface area contributed by atoms with Gasteiger partial charge in [0.1, 0.15) is 5.82 Å². The molecule has 0 aliphatic carbocycles. The quantitative estimate of drug-likeness (QED) is 0.902. The smallest absolute Gasteiger partial charge is 0.141 e. The molecule has 100 valence electrons. The first kappa shape index (κ1) is 13.7. The van der Waals surface area contributed by atoms with Crippen LogP contribution in [0.25, 0.3) is 0 Å². The zero-order valence-corrected chi connectivity index (χ0v) is 11.2. The number of nitrogens with zero attached hydrogens (tertiary/aromatic N) is 2. The molecule has 0 unspecified atom stereocenters. The third kappa shape index (κ3) is 3.65. The molecule has 1 fully saturated rings. The topological polar surface area (TPSA) is 32.5 Å². The summed E-state index contributed by atoms with van der Waals surface area (Å²) in [5.41, 5.74) is 6.61. The number of hydrogen-bond donors (Lipinski definition) is 1. The molecule has 0 amide bonds. The van der Waals surface area contributed by atoms with Crippen LogP contribution in [0.4, 0.5) is 4.39 Å². The second-order valence-corrected chi connectivity index (χ2v) is 5.06. The van der Waals surface area contributed by atoms with Crippen LogP contribution in [-0.4, -0.2) is 49.1 Å². The lowest BCUT2D eigenvalue weighted by molar-refractivity contribution is 0.130. The number of hydrogen-bond acceptors (Lipinski definition) is 3. The minimum atomic E-state index is -0.354. The van der Waals surface area contributed by atoms with Crippen LogP contribution in [0.2, 0.25) is 5.02 Å². The Labute approximate surface area is 112 Å². The van der Waals surface area contributed by atoms with Gasteiger partial charge in [0.15, 0.2) is 0 Å². The Bertz CT molecular complexity index is 392. The molecule has 3 nitrogen and oxygen atoms in total. The van der Waals surface area contributed by atoms with E-state index in [0.29, 0.717) is 6.54 Å². The summed E-state index contributed by atoms with van der Waals surface area (Å²) in [7, 11) is 0. The predicted molar refractivity (Wildman–Crippen MR) is 72.2 cm³/mol. The third-order valence-electron chi connectivity index (χ3n) is 3.30. The van der Waals surface area contributed by atoms with Gasteiger partial charge in [-0.3, -0.25) is 9.80 Å². The molecule has 0 atom stereocenters. The molecule has 0 saturated carbocycles. The van der Waals surface area contributed by atoms with Crippen LogP contribution >= 0.6 is 11.6 Å². The van der Waals surface area contributed by atoms with Gasteiger partial charge in [-0.15, -0.1) is 0 Å². The van der Waals surface area contributed by atoms with Gasteiger partial charge >= 0.3 is 0 Å². The molecule has 0 bridgehead atoms. The van der Waals surface area contributed by atoms with Crippen LogP contribution in [0, 0.1) is 5.82 Å². The van der Waals surface area contributed by atoms with Crippen molar-refractivity contribution in [2.45, 2.75) is 6.54 Å². The zero-order valence-electron chi connectivity index (χ0n) is 10.4. The highest BCUT2D eigenvalue weighted by molar-refractivity contribution is 6.30. The second kappa shape index (κ2) is 6.48. The van der Waals surface area contributed by atoms with Gasteiger partial charge in [0.25, 0.3) is 0 Å². The van der Waals surface area contributed by atoms with Crippen molar-refractivity contribution in [3.63, 3.8) is 0 Å². The number of halogens is 2. The Balaban J connectivity index is 1.85. The number of nitrogens with two attached hydrogens (primary N) is 1. The summed E-state index contributed by atoms with van der Waals surface area (Å²) in [5.74, 6) is -0.354. The molecule has 0 radical (unpaired) electrons. The van der Waals surface area contributed by atoms with Crippen LogP contribution in [-0.2, 0) is 6.54 Å². The average Bonchev–Trinajstić information content (AvgIpc) is 2.37. The van der Waals surface area contributed by atoms with Crippen molar-refractivity contribution in [2.75, 3.05) is 39.3 Å². The maximum Gasteiger partial charge on any atom is 0.141 e. The first-order valence-electron chi connectivity index (χ1n) is 6.28. The first-order chi connectivity index (χ1) is 8.69. The third-order valence-corrected chi connectivity index (χ3v) is 3.59. The van der Waals surface area contributed by atoms with E-state index in [2.05, 4.69) is 9.80 Å². The van der Waals surface area contributed by atoms with Gasteiger partial charge in [-0.1, -0.05) is 17.7 Å². The zero-order chi connectivity index (χ0) is 13.0. The summed E-state index contributed by atoms with van der Waals surface area (Å²) in [4.78, 5) is 4.73. The van der Waals surface area contributed by atoms with Gasteiger partial charge in [0.2, 0.25) is 0 Å². The van der Waals surface area contributed by atoms with E-state index in [4.69, 9.17) is 17.3 Å². The van der Waals surface area contributed by atoms with Gasteiger partial charge in [0.05, 0.1) is 5.02 Å². The summed E-state index contributed by atoms with van der Waals surface area (Å²) < 4.78 is 13.0. The molecule has 1 aliphatic rings. The SMILES string of the molecule is NCCN1CCN(Cc2ccc(F)c(Cl)c2)CC1. The van der Waals surface area contributed by atoms with Gasteiger partial charge < -0.3 is 5.73 Å². The van der Waals surface area contributed by atoms with Crippen LogP contribution < -0.4 is 5.73 Å². The van der Waals surface area contributed by atoms with Crippen molar-refractivity contribution >= 4 is 11.6 Å². The highest BCUT2D eigenvalue weighted by atomic mass is 35.5. The fourth-order valence-electron chi connectivity index (χ4n) is 2.25. The minimum Gasteiger partial charge on any atom is -0.329 e. The molecular formula is C13H19ClFN3. The van der Waals surface area contributed by atoms with E-state index in [1.54, 1.807) is 12.1 Å². The Morgan fingerprint density at radius 1 is 1.17 bits per heavy atom. The standard InChI is InChI=1S/C13H19ClFN3/c14-12-9-11(1-2-13(12)15)10-18-7-5-17(4-3-16)6-8-18/h1-2,9H,3-8,10,16H2. The molecule has 0 aromatic heterocycles. The van der Waals surface area contributed by atoms with Gasteiger partial charge in [0, 0.05) is 45.8 Å². The molecule has 5 heteroatoms. The molecule has 0 spiro atoms. The fourth-order valence-corrected chi connectivity index (χ4v) is 2.45. The lowest BCUT2D eigenvalue weighted by atomic mass is 10.2. The van der Waals surface area contributed by atoms with E-state index in [-0.39, 0.29) is 10.8 Å². The van der Waals surface area contributed by atoms with Crippen LogP contribution in [0.3, 0.4) is 0 Å². The van der Waals surface area contributed by atoms with Crippen LogP contribution in [0.5, 0.6) is 0 Å². The molecule has 1 aromatic carbocycles. The molecule has 18 heavy (non-hydrogen) atoms. The summed E-state index contributed by atoms with van der Waals surface area (Å²) in [5, 5.41) is 0.203. The largest absolute Gasteiger partial charge is 0.329 e. The maximum absolute atomic E-state index is 13.0. The van der Waals surface area contributed by atoms with E-state index >= 15 is 0 Å². The molecule has 1 aromatic rings. The second-order valence-electron chi connectivity index (χ2n) is 4.65. The monoisotopic (exact) mass is 271 g/mol. The van der Waals surface area contributed by atoms with Crippen molar-refractivity contribution in [3.8, 4) is 0 Å².